The summed E-state index contributed by atoms with van der Waals surface area (Å²) in [6, 6.07) is 8.27. The van der Waals surface area contributed by atoms with E-state index in [2.05, 4.69) is 22.0 Å². The zero-order valence-corrected chi connectivity index (χ0v) is 9.99. The molecule has 0 spiro atoms. The van der Waals surface area contributed by atoms with Gasteiger partial charge in [-0.2, -0.15) is 0 Å². The Hall–Kier alpha value is -1.61. The first-order valence-corrected chi connectivity index (χ1v) is 5.40. The number of aryl methyl sites for hydroxylation is 1. The molecule has 0 atom stereocenters. The van der Waals surface area contributed by atoms with Crippen molar-refractivity contribution < 1.29 is 0 Å². The zero-order valence-electron chi connectivity index (χ0n) is 9.99. The molecule has 2 aromatic rings. The number of hydrogen-bond acceptors (Lipinski definition) is 3. The van der Waals surface area contributed by atoms with Crippen molar-refractivity contribution in [3.63, 3.8) is 0 Å². The van der Waals surface area contributed by atoms with E-state index in [9.17, 15) is 0 Å². The molecule has 84 valence electrons. The van der Waals surface area contributed by atoms with Gasteiger partial charge in [0.25, 0.3) is 0 Å². The summed E-state index contributed by atoms with van der Waals surface area (Å²) >= 11 is 0. The van der Waals surface area contributed by atoms with Crippen LogP contribution in [0.3, 0.4) is 0 Å². The Morgan fingerprint density at radius 3 is 2.69 bits per heavy atom. The van der Waals surface area contributed by atoms with Gasteiger partial charge in [0.2, 0.25) is 0 Å². The molecule has 0 aliphatic carbocycles. The Kier molecular flexibility index (Phi) is 2.79. The fourth-order valence-electron chi connectivity index (χ4n) is 1.95. The second kappa shape index (κ2) is 4.10. The summed E-state index contributed by atoms with van der Waals surface area (Å²) in [5.74, 6) is 0. The van der Waals surface area contributed by atoms with E-state index in [0.29, 0.717) is 6.54 Å². The van der Waals surface area contributed by atoms with Gasteiger partial charge in [0, 0.05) is 37.4 Å². The normalized spacial score (nSPS) is 10.8. The van der Waals surface area contributed by atoms with Gasteiger partial charge >= 0.3 is 0 Å². The average molecular weight is 215 g/mol. The second-order valence-electron chi connectivity index (χ2n) is 4.19. The quantitative estimate of drug-likeness (QED) is 0.834. The van der Waals surface area contributed by atoms with Gasteiger partial charge in [-0.1, -0.05) is 18.2 Å². The molecule has 1 aromatic heterocycles. The number of pyridine rings is 1. The van der Waals surface area contributed by atoms with E-state index in [1.54, 1.807) is 0 Å². The summed E-state index contributed by atoms with van der Waals surface area (Å²) in [6.07, 6.45) is 0. The van der Waals surface area contributed by atoms with Gasteiger partial charge in [0.1, 0.15) is 0 Å². The average Bonchev–Trinajstić information content (AvgIpc) is 2.27. The van der Waals surface area contributed by atoms with Crippen molar-refractivity contribution in [2.75, 3.05) is 19.0 Å². The molecule has 16 heavy (non-hydrogen) atoms. The lowest BCUT2D eigenvalue weighted by atomic mass is 10.1. The van der Waals surface area contributed by atoms with Crippen molar-refractivity contribution in [2.24, 2.45) is 5.73 Å². The molecule has 3 nitrogen and oxygen atoms in total. The maximum absolute atomic E-state index is 5.74. The van der Waals surface area contributed by atoms with E-state index in [1.807, 2.05) is 33.2 Å². The Labute approximate surface area is 95.9 Å². The lowest BCUT2D eigenvalue weighted by Crippen LogP contribution is -2.10. The van der Waals surface area contributed by atoms with E-state index in [-0.39, 0.29) is 0 Å². The van der Waals surface area contributed by atoms with Crippen LogP contribution in [0.1, 0.15) is 11.3 Å². The van der Waals surface area contributed by atoms with Gasteiger partial charge < -0.3 is 10.6 Å². The van der Waals surface area contributed by atoms with Crippen molar-refractivity contribution in [3.05, 3.63) is 35.5 Å². The molecule has 2 N–H and O–H groups in total. The smallest absolute Gasteiger partial charge is 0.0770 e. The highest BCUT2D eigenvalue weighted by molar-refractivity contribution is 5.93. The van der Waals surface area contributed by atoms with E-state index >= 15 is 0 Å². The number of hydrogen-bond donors (Lipinski definition) is 1. The summed E-state index contributed by atoms with van der Waals surface area (Å²) in [5, 5.41) is 1.17. The number of para-hydroxylation sites is 1. The Bertz CT molecular complexity index is 518. The Balaban J connectivity index is 2.83. The number of anilines is 1. The van der Waals surface area contributed by atoms with Crippen LogP contribution in [0.25, 0.3) is 10.9 Å². The molecule has 0 aliphatic rings. The van der Waals surface area contributed by atoms with Crippen LogP contribution < -0.4 is 10.6 Å². The van der Waals surface area contributed by atoms with Gasteiger partial charge in [-0.3, -0.25) is 4.98 Å². The fraction of sp³-hybridized carbons (Fsp3) is 0.308. The number of rotatable bonds is 2. The van der Waals surface area contributed by atoms with Gasteiger partial charge in [-0.15, -0.1) is 0 Å². The van der Waals surface area contributed by atoms with Crippen LogP contribution in [0.4, 0.5) is 5.69 Å². The number of nitrogens with zero attached hydrogens (tertiary/aromatic N) is 2. The van der Waals surface area contributed by atoms with Gasteiger partial charge in [-0.25, -0.2) is 0 Å². The molecule has 3 heteroatoms. The van der Waals surface area contributed by atoms with E-state index in [4.69, 9.17) is 5.73 Å². The third-order valence-corrected chi connectivity index (χ3v) is 2.73. The Morgan fingerprint density at radius 1 is 1.31 bits per heavy atom. The number of fused-ring (bicyclic) bond motifs is 1. The maximum Gasteiger partial charge on any atom is 0.0770 e. The minimum Gasteiger partial charge on any atom is -0.377 e. The van der Waals surface area contributed by atoms with Crippen LogP contribution in [0.2, 0.25) is 0 Å². The van der Waals surface area contributed by atoms with E-state index in [1.165, 1.54) is 11.1 Å². The van der Waals surface area contributed by atoms with Crippen molar-refractivity contribution in [1.82, 2.24) is 4.98 Å². The molecule has 0 saturated carbocycles. The van der Waals surface area contributed by atoms with Crippen LogP contribution in [0, 0.1) is 6.92 Å². The molecule has 0 radical (unpaired) electrons. The third kappa shape index (κ3) is 1.74. The lowest BCUT2D eigenvalue weighted by Gasteiger charge is -2.17. The molecular formula is C13H17N3. The molecule has 2 rings (SSSR count). The summed E-state index contributed by atoms with van der Waals surface area (Å²) in [7, 11) is 4.09. The molecule has 1 aromatic carbocycles. The van der Waals surface area contributed by atoms with Crippen molar-refractivity contribution >= 4 is 16.6 Å². The lowest BCUT2D eigenvalue weighted by molar-refractivity contribution is 1.07. The van der Waals surface area contributed by atoms with Crippen LogP contribution in [0.15, 0.2) is 24.3 Å². The highest BCUT2D eigenvalue weighted by atomic mass is 15.1. The Morgan fingerprint density at radius 2 is 2.06 bits per heavy atom. The molecule has 0 bridgehead atoms. The summed E-state index contributed by atoms with van der Waals surface area (Å²) in [4.78, 5) is 6.69. The first kappa shape index (κ1) is 10.9. The summed E-state index contributed by atoms with van der Waals surface area (Å²) in [6.45, 7) is 2.54. The van der Waals surface area contributed by atoms with Crippen LogP contribution >= 0.6 is 0 Å². The molecule has 0 unspecified atom stereocenters. The van der Waals surface area contributed by atoms with Crippen molar-refractivity contribution in [3.8, 4) is 0 Å². The van der Waals surface area contributed by atoms with Gasteiger partial charge in [0.05, 0.1) is 5.52 Å². The molecule has 0 amide bonds. The topological polar surface area (TPSA) is 42.1 Å². The summed E-state index contributed by atoms with van der Waals surface area (Å²) in [5.41, 5.74) is 10.1. The molecule has 0 fully saturated rings. The minimum atomic E-state index is 0.528. The van der Waals surface area contributed by atoms with Crippen molar-refractivity contribution in [1.29, 1.82) is 0 Å². The van der Waals surface area contributed by atoms with Crippen LogP contribution in [-0.4, -0.2) is 19.1 Å². The largest absolute Gasteiger partial charge is 0.377 e. The zero-order chi connectivity index (χ0) is 11.7. The van der Waals surface area contributed by atoms with Gasteiger partial charge in [-0.05, 0) is 18.6 Å². The number of aromatic nitrogens is 1. The highest BCUT2D eigenvalue weighted by Crippen LogP contribution is 2.27. The number of benzene rings is 1. The van der Waals surface area contributed by atoms with Crippen LogP contribution in [-0.2, 0) is 6.54 Å². The second-order valence-corrected chi connectivity index (χ2v) is 4.19. The monoisotopic (exact) mass is 215 g/mol. The number of nitrogens with two attached hydrogens (primary N) is 1. The molecule has 1 heterocycles. The first-order chi connectivity index (χ1) is 7.63. The molecule has 0 saturated heterocycles. The predicted molar refractivity (Wildman–Crippen MR) is 68.7 cm³/mol. The van der Waals surface area contributed by atoms with Crippen molar-refractivity contribution in [2.45, 2.75) is 13.5 Å². The third-order valence-electron chi connectivity index (χ3n) is 2.73. The fourth-order valence-corrected chi connectivity index (χ4v) is 1.95. The predicted octanol–water partition coefficient (Wildman–Crippen LogP) is 2.07. The molecule has 0 aliphatic heterocycles. The maximum atomic E-state index is 5.74. The van der Waals surface area contributed by atoms with Gasteiger partial charge in [0.15, 0.2) is 0 Å². The standard InChI is InChI=1S/C13H17N3/c1-9-7-12(16(2)3)11-6-4-5-10(8-14)13(11)15-9/h4-7H,8,14H2,1-3H3. The van der Waals surface area contributed by atoms with E-state index < -0.39 is 0 Å². The van der Waals surface area contributed by atoms with E-state index in [0.717, 1.165) is 16.8 Å². The SMILES string of the molecule is Cc1cc(N(C)C)c2cccc(CN)c2n1. The first-order valence-electron chi connectivity index (χ1n) is 5.40. The molecular weight excluding hydrogens is 198 g/mol. The minimum absolute atomic E-state index is 0.528. The highest BCUT2D eigenvalue weighted by Gasteiger charge is 2.08. The summed E-state index contributed by atoms with van der Waals surface area (Å²) < 4.78 is 0. The van der Waals surface area contributed by atoms with Crippen LogP contribution in [0.5, 0.6) is 0 Å².